The Kier molecular flexibility index (Phi) is 6.91. The van der Waals surface area contributed by atoms with Crippen molar-refractivity contribution >= 4 is 33.3 Å². The Morgan fingerprint density at radius 1 is 1.07 bits per heavy atom. The highest BCUT2D eigenvalue weighted by molar-refractivity contribution is 7.19. The van der Waals surface area contributed by atoms with Crippen LogP contribution in [0.15, 0.2) is 0 Å². The fourth-order valence-corrected chi connectivity index (χ4v) is 5.88. The van der Waals surface area contributed by atoms with Crippen molar-refractivity contribution in [1.29, 1.82) is 0 Å². The van der Waals surface area contributed by atoms with E-state index in [0.29, 0.717) is 18.2 Å². The van der Waals surface area contributed by atoms with Crippen molar-refractivity contribution in [3.05, 3.63) is 16.3 Å². The van der Waals surface area contributed by atoms with Crippen molar-refractivity contribution in [3.63, 3.8) is 0 Å². The molecule has 30 heavy (non-hydrogen) atoms. The quantitative estimate of drug-likeness (QED) is 0.585. The summed E-state index contributed by atoms with van der Waals surface area (Å²) in [5.74, 6) is 2.80. The number of anilines is 1. The molecule has 1 amide bonds. The second-order valence-corrected chi connectivity index (χ2v) is 10.0. The standard InChI is InChI=1S/C24H36N4OS/c1-4-6-12-20(29)27-13-15-28(16-14-27)23-21-18-10-8-7-9-11-19(18)30-24(21)26-22(25-23)17(3)5-2/h17H,4-16H2,1-3H3. The lowest BCUT2D eigenvalue weighted by Gasteiger charge is -2.36. The maximum absolute atomic E-state index is 12.5. The van der Waals surface area contributed by atoms with Gasteiger partial charge >= 0.3 is 0 Å². The van der Waals surface area contributed by atoms with Crippen LogP contribution in [-0.2, 0) is 17.6 Å². The Morgan fingerprint density at radius 2 is 1.83 bits per heavy atom. The molecule has 1 aliphatic carbocycles. The molecule has 1 fully saturated rings. The van der Waals surface area contributed by atoms with E-state index in [0.717, 1.165) is 63.5 Å². The van der Waals surface area contributed by atoms with Gasteiger partial charge in [0.15, 0.2) is 0 Å². The van der Waals surface area contributed by atoms with Gasteiger partial charge in [-0.05, 0) is 44.1 Å². The lowest BCUT2D eigenvalue weighted by molar-refractivity contribution is -0.131. The Morgan fingerprint density at radius 3 is 2.57 bits per heavy atom. The first kappa shape index (κ1) is 21.5. The Balaban J connectivity index is 1.65. The molecule has 3 heterocycles. The third kappa shape index (κ3) is 4.34. The van der Waals surface area contributed by atoms with E-state index in [2.05, 4.69) is 25.7 Å². The normalized spacial score (nSPS) is 18.4. The van der Waals surface area contributed by atoms with Crippen LogP contribution in [0.5, 0.6) is 0 Å². The molecule has 2 aliphatic rings. The van der Waals surface area contributed by atoms with E-state index in [4.69, 9.17) is 9.97 Å². The van der Waals surface area contributed by atoms with Crippen LogP contribution in [0.4, 0.5) is 5.82 Å². The molecule has 2 aromatic rings. The molecule has 0 aromatic carbocycles. The largest absolute Gasteiger partial charge is 0.352 e. The highest BCUT2D eigenvalue weighted by atomic mass is 32.1. The second-order valence-electron chi connectivity index (χ2n) is 8.93. The highest BCUT2D eigenvalue weighted by Gasteiger charge is 2.27. The lowest BCUT2D eigenvalue weighted by Crippen LogP contribution is -2.49. The number of rotatable bonds is 6. The number of carbonyl (C=O) groups is 1. The van der Waals surface area contributed by atoms with E-state index < -0.39 is 0 Å². The van der Waals surface area contributed by atoms with Gasteiger partial charge in [-0.3, -0.25) is 4.79 Å². The van der Waals surface area contributed by atoms with Crippen molar-refractivity contribution in [2.45, 2.75) is 84.5 Å². The smallest absolute Gasteiger partial charge is 0.222 e. The predicted molar refractivity (Wildman–Crippen MR) is 126 cm³/mol. The first-order chi connectivity index (χ1) is 14.6. The predicted octanol–water partition coefficient (Wildman–Crippen LogP) is 5.31. The second kappa shape index (κ2) is 9.63. The topological polar surface area (TPSA) is 49.3 Å². The number of unbranched alkanes of at least 4 members (excludes halogenated alkanes) is 1. The van der Waals surface area contributed by atoms with Gasteiger partial charge in [0.05, 0.1) is 5.39 Å². The number of nitrogens with zero attached hydrogens (tertiary/aromatic N) is 4. The maximum atomic E-state index is 12.5. The molecule has 1 atom stereocenters. The maximum Gasteiger partial charge on any atom is 0.222 e. The van der Waals surface area contributed by atoms with Gasteiger partial charge in [0, 0.05) is 43.4 Å². The molecule has 0 radical (unpaired) electrons. The molecule has 0 saturated carbocycles. The molecule has 0 spiro atoms. The van der Waals surface area contributed by atoms with Crippen LogP contribution < -0.4 is 4.90 Å². The summed E-state index contributed by atoms with van der Waals surface area (Å²) in [6, 6.07) is 0. The van der Waals surface area contributed by atoms with Crippen molar-refractivity contribution in [2.24, 2.45) is 0 Å². The minimum Gasteiger partial charge on any atom is -0.352 e. The first-order valence-electron chi connectivity index (χ1n) is 12.0. The third-order valence-corrected chi connectivity index (χ3v) is 7.98. The SMILES string of the molecule is CCCCC(=O)N1CCN(c2nc(C(C)CC)nc3sc4c(c23)CCCCC4)CC1. The molecule has 0 N–H and O–H groups in total. The zero-order chi connectivity index (χ0) is 21.1. The Bertz CT molecular complexity index is 885. The summed E-state index contributed by atoms with van der Waals surface area (Å²) >= 11 is 1.91. The van der Waals surface area contributed by atoms with Crippen molar-refractivity contribution in [2.75, 3.05) is 31.1 Å². The van der Waals surface area contributed by atoms with Gasteiger partial charge in [-0.15, -0.1) is 11.3 Å². The van der Waals surface area contributed by atoms with Crippen LogP contribution in [0.25, 0.3) is 10.2 Å². The summed E-state index contributed by atoms with van der Waals surface area (Å²) in [7, 11) is 0. The van der Waals surface area contributed by atoms with Gasteiger partial charge in [-0.1, -0.05) is 33.6 Å². The molecular weight excluding hydrogens is 392 g/mol. The molecule has 1 aliphatic heterocycles. The van der Waals surface area contributed by atoms with Gasteiger partial charge in [-0.2, -0.15) is 0 Å². The first-order valence-corrected chi connectivity index (χ1v) is 12.8. The third-order valence-electron chi connectivity index (χ3n) is 6.79. The Labute approximate surface area is 184 Å². The molecule has 5 nitrogen and oxygen atoms in total. The van der Waals surface area contributed by atoms with Gasteiger partial charge in [-0.25, -0.2) is 9.97 Å². The number of piperazine rings is 1. The van der Waals surface area contributed by atoms with E-state index in [1.165, 1.54) is 46.3 Å². The fraction of sp³-hybridized carbons (Fsp3) is 0.708. The summed E-state index contributed by atoms with van der Waals surface area (Å²) in [4.78, 5) is 29.8. The summed E-state index contributed by atoms with van der Waals surface area (Å²) in [5.41, 5.74) is 1.51. The van der Waals surface area contributed by atoms with Crippen molar-refractivity contribution < 1.29 is 4.79 Å². The molecule has 1 saturated heterocycles. The molecule has 4 rings (SSSR count). The van der Waals surface area contributed by atoms with E-state index in [-0.39, 0.29) is 0 Å². The number of amides is 1. The van der Waals surface area contributed by atoms with Gasteiger partial charge in [0.2, 0.25) is 5.91 Å². The number of hydrogen-bond acceptors (Lipinski definition) is 5. The molecule has 6 heteroatoms. The number of aromatic nitrogens is 2. The van der Waals surface area contributed by atoms with Crippen molar-refractivity contribution in [3.8, 4) is 0 Å². The minimum atomic E-state index is 0.314. The summed E-state index contributed by atoms with van der Waals surface area (Å²) in [5, 5.41) is 1.31. The van der Waals surface area contributed by atoms with Crippen molar-refractivity contribution in [1.82, 2.24) is 14.9 Å². The van der Waals surface area contributed by atoms with Crippen LogP contribution in [-0.4, -0.2) is 47.0 Å². The van der Waals surface area contributed by atoms with Gasteiger partial charge in [0.1, 0.15) is 16.5 Å². The van der Waals surface area contributed by atoms with E-state index in [9.17, 15) is 4.79 Å². The average Bonchev–Trinajstić information content (AvgIpc) is 2.97. The molecule has 164 valence electrons. The molecule has 2 aromatic heterocycles. The molecular formula is C24H36N4OS. The average molecular weight is 429 g/mol. The fourth-order valence-electron chi connectivity index (χ4n) is 4.62. The van der Waals surface area contributed by atoms with E-state index in [1.54, 1.807) is 0 Å². The van der Waals surface area contributed by atoms with Crippen LogP contribution in [0.3, 0.4) is 0 Å². The van der Waals surface area contributed by atoms with Gasteiger partial charge < -0.3 is 9.80 Å². The number of thiophene rings is 1. The zero-order valence-corrected chi connectivity index (χ0v) is 19.7. The lowest BCUT2D eigenvalue weighted by atomic mass is 10.1. The van der Waals surface area contributed by atoms with Gasteiger partial charge in [0.25, 0.3) is 0 Å². The monoisotopic (exact) mass is 428 g/mol. The van der Waals surface area contributed by atoms with Crippen LogP contribution in [0.1, 0.15) is 87.9 Å². The van der Waals surface area contributed by atoms with Crippen LogP contribution in [0.2, 0.25) is 0 Å². The molecule has 0 bridgehead atoms. The molecule has 1 unspecified atom stereocenters. The van der Waals surface area contributed by atoms with Crippen LogP contribution in [0, 0.1) is 0 Å². The number of fused-ring (bicyclic) bond motifs is 3. The number of carbonyl (C=O) groups excluding carboxylic acids is 1. The van der Waals surface area contributed by atoms with E-state index >= 15 is 0 Å². The zero-order valence-electron chi connectivity index (χ0n) is 18.9. The number of aryl methyl sites for hydroxylation is 2. The summed E-state index contributed by atoms with van der Waals surface area (Å²) < 4.78 is 0. The summed E-state index contributed by atoms with van der Waals surface area (Å²) in [6.07, 6.45) is 10.0. The van der Waals surface area contributed by atoms with E-state index in [1.807, 2.05) is 16.2 Å². The number of hydrogen-bond donors (Lipinski definition) is 0. The highest BCUT2D eigenvalue weighted by Crippen LogP contribution is 2.40. The van der Waals surface area contributed by atoms with Crippen LogP contribution >= 0.6 is 11.3 Å². The Hall–Kier alpha value is -1.69. The minimum absolute atomic E-state index is 0.314. The summed E-state index contributed by atoms with van der Waals surface area (Å²) in [6.45, 7) is 9.93.